The molecule has 5 N–H and O–H groups in total. The zero-order chi connectivity index (χ0) is 7.98. The zero-order valence-corrected chi connectivity index (χ0v) is 7.27. The molecule has 62 valence electrons. The van der Waals surface area contributed by atoms with Crippen molar-refractivity contribution in [3.05, 3.63) is 0 Å². The quantitative estimate of drug-likeness (QED) is 0.327. The number of rotatable bonds is 5. The van der Waals surface area contributed by atoms with Gasteiger partial charge in [-0.1, -0.05) is 0 Å². The van der Waals surface area contributed by atoms with E-state index in [0.29, 0.717) is 0 Å². The smallest absolute Gasteiger partial charge is 0.0679 e. The summed E-state index contributed by atoms with van der Waals surface area (Å²) < 4.78 is 0. The normalized spacial score (nSPS) is 14.1. The van der Waals surface area contributed by atoms with Gasteiger partial charge in [-0.15, -0.1) is 0 Å². The molecule has 3 nitrogen and oxygen atoms in total. The summed E-state index contributed by atoms with van der Waals surface area (Å²) in [4.78, 5) is 0. The minimum atomic E-state index is -0.259. The number of hydrogen-bond donors (Lipinski definition) is 4. The first-order valence-corrected chi connectivity index (χ1v) is 4.15. The summed E-state index contributed by atoms with van der Waals surface area (Å²) in [5.74, 6) is 0.894. The molecule has 1 atom stereocenters. The van der Waals surface area contributed by atoms with Gasteiger partial charge in [0.05, 0.1) is 6.17 Å². The zero-order valence-electron chi connectivity index (χ0n) is 6.38. The summed E-state index contributed by atoms with van der Waals surface area (Å²) in [5.41, 5.74) is 11.0. The van der Waals surface area contributed by atoms with Crippen LogP contribution in [0.1, 0.15) is 12.8 Å². The SMILES string of the molecule is CNC(CCCS)C(N)N. The highest BCUT2D eigenvalue weighted by Gasteiger charge is 2.09. The summed E-state index contributed by atoms with van der Waals surface area (Å²) in [6.07, 6.45) is 1.79. The van der Waals surface area contributed by atoms with Crippen molar-refractivity contribution in [1.82, 2.24) is 5.32 Å². The second-order valence-corrected chi connectivity index (χ2v) is 2.79. The van der Waals surface area contributed by atoms with E-state index in [1.165, 1.54) is 0 Å². The van der Waals surface area contributed by atoms with Crippen LogP contribution in [0.4, 0.5) is 0 Å². The Kier molecular flexibility index (Phi) is 6.11. The van der Waals surface area contributed by atoms with Crippen molar-refractivity contribution in [1.29, 1.82) is 0 Å². The van der Waals surface area contributed by atoms with Crippen LogP contribution in [0, 0.1) is 0 Å². The van der Waals surface area contributed by atoms with Crippen LogP contribution in [0.25, 0.3) is 0 Å². The number of nitrogens with one attached hydrogen (secondary N) is 1. The van der Waals surface area contributed by atoms with E-state index in [9.17, 15) is 0 Å². The van der Waals surface area contributed by atoms with Crippen molar-refractivity contribution in [2.75, 3.05) is 12.8 Å². The van der Waals surface area contributed by atoms with Crippen LogP contribution in [0.5, 0.6) is 0 Å². The van der Waals surface area contributed by atoms with Gasteiger partial charge in [0.1, 0.15) is 0 Å². The minimum Gasteiger partial charge on any atom is -0.315 e. The molecule has 0 aromatic heterocycles. The lowest BCUT2D eigenvalue weighted by molar-refractivity contribution is 0.438. The van der Waals surface area contributed by atoms with Crippen molar-refractivity contribution in [3.8, 4) is 0 Å². The van der Waals surface area contributed by atoms with E-state index < -0.39 is 0 Å². The van der Waals surface area contributed by atoms with Gasteiger partial charge in [-0.05, 0) is 25.6 Å². The van der Waals surface area contributed by atoms with Crippen LogP contribution in [0.15, 0.2) is 0 Å². The van der Waals surface area contributed by atoms with Crippen molar-refractivity contribution in [2.45, 2.75) is 25.0 Å². The lowest BCUT2D eigenvalue weighted by Crippen LogP contribution is -2.49. The Hall–Kier alpha value is 0.230. The Morgan fingerprint density at radius 3 is 2.40 bits per heavy atom. The van der Waals surface area contributed by atoms with E-state index in [-0.39, 0.29) is 12.2 Å². The molecular weight excluding hydrogens is 146 g/mol. The van der Waals surface area contributed by atoms with Gasteiger partial charge in [-0.2, -0.15) is 12.6 Å². The second kappa shape index (κ2) is 5.97. The fraction of sp³-hybridized carbons (Fsp3) is 1.00. The third kappa shape index (κ3) is 4.11. The molecule has 0 amide bonds. The molecule has 0 heterocycles. The molecule has 10 heavy (non-hydrogen) atoms. The molecular formula is C6H17N3S. The summed E-state index contributed by atoms with van der Waals surface area (Å²) in [6, 6.07) is 0.229. The molecule has 0 fully saturated rings. The molecule has 0 aromatic carbocycles. The van der Waals surface area contributed by atoms with E-state index >= 15 is 0 Å². The Bertz CT molecular complexity index is 77.4. The average Bonchev–Trinajstić information content (AvgIpc) is 1.89. The maximum absolute atomic E-state index is 5.48. The van der Waals surface area contributed by atoms with Crippen molar-refractivity contribution in [2.24, 2.45) is 11.5 Å². The predicted octanol–water partition coefficient (Wildman–Crippen LogP) is -0.472. The maximum Gasteiger partial charge on any atom is 0.0679 e. The van der Waals surface area contributed by atoms with E-state index in [1.54, 1.807) is 0 Å². The first-order valence-electron chi connectivity index (χ1n) is 3.51. The fourth-order valence-corrected chi connectivity index (χ4v) is 1.02. The molecule has 0 saturated carbocycles. The van der Waals surface area contributed by atoms with Crippen LogP contribution in [0.2, 0.25) is 0 Å². The number of hydrogen-bond acceptors (Lipinski definition) is 4. The largest absolute Gasteiger partial charge is 0.315 e. The van der Waals surface area contributed by atoms with Gasteiger partial charge in [0.2, 0.25) is 0 Å². The van der Waals surface area contributed by atoms with E-state index in [0.717, 1.165) is 18.6 Å². The minimum absolute atomic E-state index is 0.229. The lowest BCUT2D eigenvalue weighted by Gasteiger charge is -2.18. The van der Waals surface area contributed by atoms with Crippen LogP contribution in [-0.2, 0) is 0 Å². The Labute approximate surface area is 67.9 Å². The Morgan fingerprint density at radius 1 is 1.50 bits per heavy atom. The monoisotopic (exact) mass is 163 g/mol. The highest BCUT2D eigenvalue weighted by molar-refractivity contribution is 7.80. The van der Waals surface area contributed by atoms with Gasteiger partial charge >= 0.3 is 0 Å². The summed E-state index contributed by atoms with van der Waals surface area (Å²) in [7, 11) is 1.87. The Balaban J connectivity index is 3.40. The topological polar surface area (TPSA) is 64.1 Å². The van der Waals surface area contributed by atoms with Gasteiger partial charge in [-0.3, -0.25) is 0 Å². The molecule has 0 aromatic rings. The highest BCUT2D eigenvalue weighted by atomic mass is 32.1. The number of nitrogens with two attached hydrogens (primary N) is 2. The van der Waals surface area contributed by atoms with Crippen molar-refractivity contribution in [3.63, 3.8) is 0 Å². The van der Waals surface area contributed by atoms with E-state index in [1.807, 2.05) is 7.05 Å². The molecule has 0 aliphatic heterocycles. The van der Waals surface area contributed by atoms with Crippen molar-refractivity contribution < 1.29 is 0 Å². The maximum atomic E-state index is 5.48. The van der Waals surface area contributed by atoms with Gasteiger partial charge in [0.15, 0.2) is 0 Å². The molecule has 0 bridgehead atoms. The van der Waals surface area contributed by atoms with E-state index in [2.05, 4.69) is 17.9 Å². The number of likely N-dealkylation sites (N-methyl/N-ethyl adjacent to an activating group) is 1. The van der Waals surface area contributed by atoms with Crippen LogP contribution < -0.4 is 16.8 Å². The fourth-order valence-electron chi connectivity index (χ4n) is 0.840. The molecule has 0 saturated heterocycles. The molecule has 0 rings (SSSR count). The molecule has 0 aliphatic carbocycles. The summed E-state index contributed by atoms with van der Waals surface area (Å²) in [6.45, 7) is 0. The molecule has 0 spiro atoms. The van der Waals surface area contributed by atoms with Gasteiger partial charge < -0.3 is 16.8 Å². The highest BCUT2D eigenvalue weighted by Crippen LogP contribution is 1.98. The molecule has 0 radical (unpaired) electrons. The van der Waals surface area contributed by atoms with E-state index in [4.69, 9.17) is 11.5 Å². The van der Waals surface area contributed by atoms with Crippen LogP contribution in [-0.4, -0.2) is 25.0 Å². The molecule has 0 aliphatic rings. The van der Waals surface area contributed by atoms with Crippen LogP contribution in [0.3, 0.4) is 0 Å². The first kappa shape index (κ1) is 10.2. The lowest BCUT2D eigenvalue weighted by atomic mass is 10.1. The predicted molar refractivity (Wildman–Crippen MR) is 48.1 cm³/mol. The van der Waals surface area contributed by atoms with Gasteiger partial charge in [0, 0.05) is 6.04 Å². The third-order valence-electron chi connectivity index (χ3n) is 1.51. The summed E-state index contributed by atoms with van der Waals surface area (Å²) in [5, 5.41) is 3.05. The van der Waals surface area contributed by atoms with Gasteiger partial charge in [0.25, 0.3) is 0 Å². The standard InChI is InChI=1S/C6H17N3S/c1-9-5(6(7)8)3-2-4-10/h5-6,9-10H,2-4,7-8H2,1H3. The molecule has 4 heteroatoms. The Morgan fingerprint density at radius 2 is 2.10 bits per heavy atom. The van der Waals surface area contributed by atoms with Crippen molar-refractivity contribution >= 4 is 12.6 Å². The third-order valence-corrected chi connectivity index (χ3v) is 1.82. The number of thiol groups is 1. The first-order chi connectivity index (χ1) is 4.72. The van der Waals surface area contributed by atoms with Gasteiger partial charge in [-0.25, -0.2) is 0 Å². The summed E-state index contributed by atoms with van der Waals surface area (Å²) >= 11 is 4.09. The second-order valence-electron chi connectivity index (χ2n) is 2.34. The molecule has 1 unspecified atom stereocenters. The van der Waals surface area contributed by atoms with Crippen LogP contribution >= 0.6 is 12.6 Å². The average molecular weight is 163 g/mol.